The van der Waals surface area contributed by atoms with Crippen LogP contribution in [0.15, 0.2) is 22.7 Å². The van der Waals surface area contributed by atoms with Gasteiger partial charge in [-0.15, -0.1) is 10.2 Å². The number of halogens is 1. The van der Waals surface area contributed by atoms with Gasteiger partial charge < -0.3 is 4.42 Å². The number of hydrogen-bond donors (Lipinski definition) is 0. The van der Waals surface area contributed by atoms with E-state index in [1.165, 1.54) is 18.3 Å². The number of aryl methyl sites for hydroxylation is 1. The average molecular weight is 179 g/mol. The van der Waals surface area contributed by atoms with Crippen molar-refractivity contribution in [3.8, 4) is 11.6 Å². The highest BCUT2D eigenvalue weighted by Gasteiger charge is 2.11. The summed E-state index contributed by atoms with van der Waals surface area (Å²) in [6, 6.07) is 2.80. The number of hydrogen-bond acceptors (Lipinski definition) is 4. The standard InChI is InChI=1S/C8H6FN3O/c1-5-11-12-8(13-5)7-6(9)3-2-4-10-7/h2-4H,1H3. The smallest absolute Gasteiger partial charge is 0.269 e. The molecule has 0 radical (unpaired) electrons. The van der Waals surface area contributed by atoms with Crippen molar-refractivity contribution >= 4 is 0 Å². The van der Waals surface area contributed by atoms with Crippen LogP contribution in [0.2, 0.25) is 0 Å². The quantitative estimate of drug-likeness (QED) is 0.666. The number of nitrogens with zero attached hydrogens (tertiary/aromatic N) is 3. The summed E-state index contributed by atoms with van der Waals surface area (Å²) in [7, 11) is 0. The predicted molar refractivity (Wildman–Crippen MR) is 42.2 cm³/mol. The zero-order chi connectivity index (χ0) is 9.26. The number of aromatic nitrogens is 3. The Morgan fingerprint density at radius 1 is 1.38 bits per heavy atom. The monoisotopic (exact) mass is 179 g/mol. The molecule has 0 atom stereocenters. The van der Waals surface area contributed by atoms with E-state index in [0.717, 1.165) is 0 Å². The third-order valence-electron chi connectivity index (χ3n) is 1.49. The molecule has 2 aromatic heterocycles. The Morgan fingerprint density at radius 2 is 2.23 bits per heavy atom. The maximum atomic E-state index is 13.1. The molecule has 2 rings (SSSR count). The minimum atomic E-state index is -0.467. The van der Waals surface area contributed by atoms with E-state index in [-0.39, 0.29) is 11.6 Å². The van der Waals surface area contributed by atoms with Crippen LogP contribution < -0.4 is 0 Å². The van der Waals surface area contributed by atoms with Crippen LogP contribution >= 0.6 is 0 Å². The third kappa shape index (κ3) is 1.40. The van der Waals surface area contributed by atoms with Crippen molar-refractivity contribution in [1.29, 1.82) is 0 Å². The molecule has 0 spiro atoms. The highest BCUT2D eigenvalue weighted by atomic mass is 19.1. The van der Waals surface area contributed by atoms with Gasteiger partial charge in [0, 0.05) is 13.1 Å². The lowest BCUT2D eigenvalue weighted by Crippen LogP contribution is -1.87. The Balaban J connectivity index is 2.52. The van der Waals surface area contributed by atoms with Crippen LogP contribution in [0.5, 0.6) is 0 Å². The van der Waals surface area contributed by atoms with Crippen molar-refractivity contribution in [3.05, 3.63) is 30.0 Å². The molecule has 2 heterocycles. The fourth-order valence-corrected chi connectivity index (χ4v) is 0.935. The van der Waals surface area contributed by atoms with Gasteiger partial charge in [0.1, 0.15) is 0 Å². The summed E-state index contributed by atoms with van der Waals surface area (Å²) in [6.07, 6.45) is 1.47. The summed E-state index contributed by atoms with van der Waals surface area (Å²) in [5.74, 6) is 0.0294. The fourth-order valence-electron chi connectivity index (χ4n) is 0.935. The second kappa shape index (κ2) is 2.93. The van der Waals surface area contributed by atoms with Crippen LogP contribution in [-0.4, -0.2) is 15.2 Å². The Labute approximate surface area is 73.4 Å². The lowest BCUT2D eigenvalue weighted by atomic mass is 10.3. The highest BCUT2D eigenvalue weighted by molar-refractivity contribution is 5.46. The molecule has 0 unspecified atom stereocenters. The molecule has 0 saturated heterocycles. The first kappa shape index (κ1) is 7.85. The SMILES string of the molecule is Cc1nnc(-c2ncccc2F)o1. The second-order valence-electron chi connectivity index (χ2n) is 2.46. The maximum Gasteiger partial charge on any atom is 0.269 e. The Kier molecular flexibility index (Phi) is 1.77. The second-order valence-corrected chi connectivity index (χ2v) is 2.46. The van der Waals surface area contributed by atoms with Crippen LogP contribution in [0.1, 0.15) is 5.89 Å². The molecule has 0 amide bonds. The van der Waals surface area contributed by atoms with Crippen LogP contribution in [0.25, 0.3) is 11.6 Å². The Bertz CT molecular complexity index is 427. The third-order valence-corrected chi connectivity index (χ3v) is 1.49. The predicted octanol–water partition coefficient (Wildman–Crippen LogP) is 1.58. The summed E-state index contributed by atoms with van der Waals surface area (Å²) in [5.41, 5.74) is 0.0862. The van der Waals surface area contributed by atoms with Gasteiger partial charge in [-0.3, -0.25) is 0 Å². The molecule has 0 aliphatic heterocycles. The van der Waals surface area contributed by atoms with Crippen molar-refractivity contribution in [2.24, 2.45) is 0 Å². The van der Waals surface area contributed by atoms with Gasteiger partial charge in [-0.1, -0.05) is 0 Å². The number of pyridine rings is 1. The van der Waals surface area contributed by atoms with Gasteiger partial charge in [0.15, 0.2) is 11.5 Å². The fraction of sp³-hybridized carbons (Fsp3) is 0.125. The van der Waals surface area contributed by atoms with Gasteiger partial charge in [-0.2, -0.15) is 0 Å². The largest absolute Gasteiger partial charge is 0.420 e. The van der Waals surface area contributed by atoms with E-state index in [2.05, 4.69) is 15.2 Å². The van der Waals surface area contributed by atoms with Crippen molar-refractivity contribution in [3.63, 3.8) is 0 Å². The van der Waals surface area contributed by atoms with Crippen molar-refractivity contribution in [1.82, 2.24) is 15.2 Å². The van der Waals surface area contributed by atoms with E-state index in [0.29, 0.717) is 5.89 Å². The molecule has 0 bridgehead atoms. The molecule has 0 aliphatic carbocycles. The molecule has 0 N–H and O–H groups in total. The maximum absolute atomic E-state index is 13.1. The Morgan fingerprint density at radius 3 is 2.85 bits per heavy atom. The molecule has 5 heteroatoms. The van der Waals surface area contributed by atoms with E-state index in [1.807, 2.05) is 0 Å². The van der Waals surface area contributed by atoms with E-state index in [9.17, 15) is 4.39 Å². The zero-order valence-corrected chi connectivity index (χ0v) is 6.86. The zero-order valence-electron chi connectivity index (χ0n) is 6.86. The summed E-state index contributed by atoms with van der Waals surface area (Å²) < 4.78 is 18.1. The molecule has 0 fully saturated rings. The topological polar surface area (TPSA) is 51.8 Å². The van der Waals surface area contributed by atoms with Crippen molar-refractivity contribution < 1.29 is 8.81 Å². The van der Waals surface area contributed by atoms with Gasteiger partial charge >= 0.3 is 0 Å². The number of rotatable bonds is 1. The van der Waals surface area contributed by atoms with Gasteiger partial charge in [-0.05, 0) is 12.1 Å². The lowest BCUT2D eigenvalue weighted by molar-refractivity contribution is 0.523. The molecule has 4 nitrogen and oxygen atoms in total. The summed E-state index contributed by atoms with van der Waals surface area (Å²) in [4.78, 5) is 3.79. The lowest BCUT2D eigenvalue weighted by Gasteiger charge is -1.93. The molecule has 0 aliphatic rings. The van der Waals surface area contributed by atoms with E-state index in [4.69, 9.17) is 4.42 Å². The van der Waals surface area contributed by atoms with Gasteiger partial charge in [0.25, 0.3) is 5.89 Å². The van der Waals surface area contributed by atoms with Crippen molar-refractivity contribution in [2.45, 2.75) is 6.92 Å². The first-order valence-corrected chi connectivity index (χ1v) is 3.68. The minimum absolute atomic E-state index is 0.0862. The van der Waals surface area contributed by atoms with Crippen LogP contribution in [0.4, 0.5) is 4.39 Å². The normalized spacial score (nSPS) is 10.3. The first-order valence-electron chi connectivity index (χ1n) is 3.68. The van der Waals surface area contributed by atoms with E-state index in [1.54, 1.807) is 6.92 Å². The van der Waals surface area contributed by atoms with E-state index >= 15 is 0 Å². The van der Waals surface area contributed by atoms with Gasteiger partial charge in [-0.25, -0.2) is 9.37 Å². The van der Waals surface area contributed by atoms with Gasteiger partial charge in [0.05, 0.1) is 0 Å². The average Bonchev–Trinajstić information content (AvgIpc) is 2.53. The molecule has 0 aromatic carbocycles. The van der Waals surface area contributed by atoms with E-state index < -0.39 is 5.82 Å². The van der Waals surface area contributed by atoms with Crippen LogP contribution in [-0.2, 0) is 0 Å². The molecule has 66 valence electrons. The Hall–Kier alpha value is -1.78. The molecular weight excluding hydrogens is 173 g/mol. The highest BCUT2D eigenvalue weighted by Crippen LogP contribution is 2.17. The summed E-state index contributed by atoms with van der Waals surface area (Å²) >= 11 is 0. The molecular formula is C8H6FN3O. The van der Waals surface area contributed by atoms with Crippen LogP contribution in [0, 0.1) is 12.7 Å². The summed E-state index contributed by atoms with van der Waals surface area (Å²) in [5, 5.41) is 7.24. The van der Waals surface area contributed by atoms with Crippen LogP contribution in [0.3, 0.4) is 0 Å². The van der Waals surface area contributed by atoms with Gasteiger partial charge in [0.2, 0.25) is 5.89 Å². The first-order chi connectivity index (χ1) is 6.27. The minimum Gasteiger partial charge on any atom is -0.420 e. The molecule has 0 saturated carbocycles. The van der Waals surface area contributed by atoms with Crippen molar-refractivity contribution in [2.75, 3.05) is 0 Å². The summed E-state index contributed by atoms with van der Waals surface area (Å²) in [6.45, 7) is 1.64. The molecule has 13 heavy (non-hydrogen) atoms. The molecule has 2 aromatic rings.